The van der Waals surface area contributed by atoms with Gasteiger partial charge in [-0.2, -0.15) is 13.2 Å². The molecule has 0 radical (unpaired) electrons. The normalized spacial score (nSPS) is 23.7. The van der Waals surface area contributed by atoms with Crippen LogP contribution in [0.1, 0.15) is 19.8 Å². The van der Waals surface area contributed by atoms with Crippen LogP contribution in [0.15, 0.2) is 23.8 Å². The van der Waals surface area contributed by atoms with Crippen LogP contribution in [0.4, 0.5) is 18.0 Å². The summed E-state index contributed by atoms with van der Waals surface area (Å²) in [4.78, 5) is 15.3. The Kier molecular flexibility index (Phi) is 5.16. The molecule has 2 amide bonds. The van der Waals surface area contributed by atoms with Crippen LogP contribution in [0.5, 0.6) is 0 Å². The SMILES string of the molecule is C=CC1=C(CC)CN(C(=O)N2CCOC(C(F)(F)F)C2)CC1. The molecule has 4 nitrogen and oxygen atoms in total. The number of urea groups is 1. The standard InChI is InChI=1S/C15H21F3N2O2/c1-3-11-5-6-19(9-12(11)4-2)14(21)20-7-8-22-13(10-20)15(16,17)18/h3,13H,1,4-10H2,2H3. The molecule has 124 valence electrons. The molecule has 22 heavy (non-hydrogen) atoms. The van der Waals surface area contributed by atoms with Gasteiger partial charge in [-0.15, -0.1) is 0 Å². The van der Waals surface area contributed by atoms with Crippen molar-refractivity contribution in [1.82, 2.24) is 9.80 Å². The maximum atomic E-state index is 12.7. The van der Waals surface area contributed by atoms with Crippen molar-refractivity contribution in [2.45, 2.75) is 32.0 Å². The Balaban J connectivity index is 2.03. The molecular formula is C15H21F3N2O2. The Morgan fingerprint density at radius 2 is 2.14 bits per heavy atom. The second kappa shape index (κ2) is 6.73. The second-order valence-corrected chi connectivity index (χ2v) is 5.49. The Bertz CT molecular complexity index is 474. The van der Waals surface area contributed by atoms with Crippen molar-refractivity contribution in [2.75, 3.05) is 32.8 Å². The largest absolute Gasteiger partial charge is 0.416 e. The van der Waals surface area contributed by atoms with Gasteiger partial charge < -0.3 is 14.5 Å². The molecule has 0 saturated carbocycles. The van der Waals surface area contributed by atoms with Crippen molar-refractivity contribution in [1.29, 1.82) is 0 Å². The third-order valence-electron chi connectivity index (χ3n) is 4.13. The predicted molar refractivity (Wildman–Crippen MR) is 76.5 cm³/mol. The fraction of sp³-hybridized carbons (Fsp3) is 0.667. The highest BCUT2D eigenvalue weighted by Gasteiger charge is 2.44. The summed E-state index contributed by atoms with van der Waals surface area (Å²) in [5.74, 6) is 0. The Morgan fingerprint density at radius 3 is 2.73 bits per heavy atom. The summed E-state index contributed by atoms with van der Waals surface area (Å²) >= 11 is 0. The number of halogens is 3. The van der Waals surface area contributed by atoms with Gasteiger partial charge in [0.15, 0.2) is 6.10 Å². The first kappa shape index (κ1) is 16.9. The van der Waals surface area contributed by atoms with E-state index in [9.17, 15) is 18.0 Å². The topological polar surface area (TPSA) is 32.8 Å². The van der Waals surface area contributed by atoms with Crippen LogP contribution < -0.4 is 0 Å². The number of amides is 2. The molecule has 2 aliphatic rings. The summed E-state index contributed by atoms with van der Waals surface area (Å²) < 4.78 is 42.9. The number of hydrogen-bond acceptors (Lipinski definition) is 2. The number of morpholine rings is 1. The molecule has 0 aromatic carbocycles. The van der Waals surface area contributed by atoms with E-state index >= 15 is 0 Å². The number of rotatable bonds is 2. The molecule has 0 N–H and O–H groups in total. The van der Waals surface area contributed by atoms with Gasteiger partial charge in [0.05, 0.1) is 13.2 Å². The highest BCUT2D eigenvalue weighted by Crippen LogP contribution is 2.27. The molecule has 2 aliphatic heterocycles. The molecule has 7 heteroatoms. The van der Waals surface area contributed by atoms with Crippen molar-refractivity contribution < 1.29 is 22.7 Å². The van der Waals surface area contributed by atoms with E-state index in [1.54, 1.807) is 11.0 Å². The van der Waals surface area contributed by atoms with Crippen LogP contribution in [0.3, 0.4) is 0 Å². The first-order valence-electron chi connectivity index (χ1n) is 7.42. The molecule has 0 aromatic heterocycles. The molecule has 1 fully saturated rings. The maximum Gasteiger partial charge on any atom is 0.416 e. The number of allylic oxidation sites excluding steroid dienone is 1. The maximum absolute atomic E-state index is 12.7. The minimum absolute atomic E-state index is 0.0852. The molecule has 2 heterocycles. The van der Waals surface area contributed by atoms with E-state index < -0.39 is 18.8 Å². The first-order valence-corrected chi connectivity index (χ1v) is 7.42. The van der Waals surface area contributed by atoms with Gasteiger partial charge in [-0.1, -0.05) is 19.6 Å². The minimum Gasteiger partial charge on any atom is -0.365 e. The number of carbonyl (C=O) groups excluding carboxylic acids is 1. The molecule has 0 spiro atoms. The van der Waals surface area contributed by atoms with Crippen LogP contribution in [0.2, 0.25) is 0 Å². The lowest BCUT2D eigenvalue weighted by atomic mass is 9.98. The van der Waals surface area contributed by atoms with E-state index in [1.807, 2.05) is 6.92 Å². The van der Waals surface area contributed by atoms with Crippen molar-refractivity contribution in [3.63, 3.8) is 0 Å². The van der Waals surface area contributed by atoms with Gasteiger partial charge in [0.25, 0.3) is 0 Å². The lowest BCUT2D eigenvalue weighted by Crippen LogP contribution is -2.55. The van der Waals surface area contributed by atoms with Crippen LogP contribution in [-0.2, 0) is 4.74 Å². The summed E-state index contributed by atoms with van der Waals surface area (Å²) in [6, 6.07) is -0.341. The lowest BCUT2D eigenvalue weighted by molar-refractivity contribution is -0.233. The molecular weight excluding hydrogens is 297 g/mol. The Labute approximate surface area is 128 Å². The summed E-state index contributed by atoms with van der Waals surface area (Å²) in [5, 5.41) is 0. The van der Waals surface area contributed by atoms with E-state index in [2.05, 4.69) is 6.58 Å². The van der Waals surface area contributed by atoms with Crippen LogP contribution >= 0.6 is 0 Å². The average molecular weight is 318 g/mol. The van der Waals surface area contributed by atoms with Gasteiger partial charge in [0, 0.05) is 19.6 Å². The highest BCUT2D eigenvalue weighted by molar-refractivity contribution is 5.75. The second-order valence-electron chi connectivity index (χ2n) is 5.49. The molecule has 2 rings (SSSR count). The monoisotopic (exact) mass is 318 g/mol. The first-order chi connectivity index (χ1) is 10.4. The van der Waals surface area contributed by atoms with E-state index in [4.69, 9.17) is 4.74 Å². The molecule has 0 aromatic rings. The lowest BCUT2D eigenvalue weighted by Gasteiger charge is -2.38. The third kappa shape index (κ3) is 3.63. The van der Waals surface area contributed by atoms with Gasteiger partial charge in [-0.05, 0) is 24.0 Å². The van der Waals surface area contributed by atoms with E-state index in [-0.39, 0.29) is 19.2 Å². The molecule has 1 unspecified atom stereocenters. The van der Waals surface area contributed by atoms with Gasteiger partial charge in [-0.25, -0.2) is 4.79 Å². The Morgan fingerprint density at radius 1 is 1.41 bits per heavy atom. The smallest absolute Gasteiger partial charge is 0.365 e. The molecule has 1 saturated heterocycles. The summed E-state index contributed by atoms with van der Waals surface area (Å²) in [7, 11) is 0. The van der Waals surface area contributed by atoms with E-state index in [1.165, 1.54) is 4.90 Å². The van der Waals surface area contributed by atoms with Gasteiger partial charge in [-0.3, -0.25) is 0 Å². The van der Waals surface area contributed by atoms with Gasteiger partial charge in [0.1, 0.15) is 0 Å². The molecule has 0 aliphatic carbocycles. The van der Waals surface area contributed by atoms with E-state index in [0.717, 1.165) is 17.6 Å². The molecule has 0 bridgehead atoms. The fourth-order valence-electron chi connectivity index (χ4n) is 2.81. The number of hydrogen-bond donors (Lipinski definition) is 0. The average Bonchev–Trinajstić information content (AvgIpc) is 2.52. The number of nitrogens with zero attached hydrogens (tertiary/aromatic N) is 2. The zero-order chi connectivity index (χ0) is 16.3. The number of alkyl halides is 3. The fourth-order valence-corrected chi connectivity index (χ4v) is 2.81. The Hall–Kier alpha value is -1.50. The predicted octanol–water partition coefficient (Wildman–Crippen LogP) is 2.97. The zero-order valence-corrected chi connectivity index (χ0v) is 12.7. The van der Waals surface area contributed by atoms with Crippen LogP contribution in [0, 0.1) is 0 Å². The third-order valence-corrected chi connectivity index (χ3v) is 4.13. The van der Waals surface area contributed by atoms with E-state index in [0.29, 0.717) is 19.5 Å². The molecule has 1 atom stereocenters. The highest BCUT2D eigenvalue weighted by atomic mass is 19.4. The van der Waals surface area contributed by atoms with Crippen molar-refractivity contribution in [3.8, 4) is 0 Å². The number of ether oxygens (including phenoxy) is 1. The van der Waals surface area contributed by atoms with Crippen molar-refractivity contribution in [3.05, 3.63) is 23.8 Å². The minimum atomic E-state index is -4.44. The van der Waals surface area contributed by atoms with Crippen molar-refractivity contribution >= 4 is 6.03 Å². The number of carbonyl (C=O) groups is 1. The van der Waals surface area contributed by atoms with Gasteiger partial charge >= 0.3 is 12.2 Å². The quantitative estimate of drug-likeness (QED) is 0.784. The van der Waals surface area contributed by atoms with Gasteiger partial charge in [0.2, 0.25) is 0 Å². The zero-order valence-electron chi connectivity index (χ0n) is 12.7. The summed E-state index contributed by atoms with van der Waals surface area (Å²) in [5.41, 5.74) is 2.26. The summed E-state index contributed by atoms with van der Waals surface area (Å²) in [6.07, 6.45) is -3.02. The van der Waals surface area contributed by atoms with Crippen LogP contribution in [0.25, 0.3) is 0 Å². The van der Waals surface area contributed by atoms with Crippen molar-refractivity contribution in [2.24, 2.45) is 0 Å². The van der Waals surface area contributed by atoms with Crippen LogP contribution in [-0.4, -0.2) is 60.9 Å². The summed E-state index contributed by atoms with van der Waals surface area (Å²) in [6.45, 7) is 6.42.